The molecule has 0 amide bonds. The number of aliphatic hydroxyl groups excluding tert-OH is 1. The van der Waals surface area contributed by atoms with Gasteiger partial charge in [-0.3, -0.25) is 0 Å². The van der Waals surface area contributed by atoms with Crippen molar-refractivity contribution in [3.63, 3.8) is 0 Å². The lowest BCUT2D eigenvalue weighted by Crippen LogP contribution is -2.26. The van der Waals surface area contributed by atoms with E-state index in [0.29, 0.717) is 0 Å². The van der Waals surface area contributed by atoms with Crippen molar-refractivity contribution in [3.05, 3.63) is 12.2 Å². The third kappa shape index (κ3) is 1.71. The van der Waals surface area contributed by atoms with Crippen molar-refractivity contribution in [2.24, 2.45) is 11.8 Å². The molecule has 12 heavy (non-hydrogen) atoms. The number of allylic oxidation sites excluding steroid dienone is 2. The normalized spacial score (nSPS) is 41.9. The van der Waals surface area contributed by atoms with Crippen LogP contribution in [-0.2, 0) is 0 Å². The summed E-state index contributed by atoms with van der Waals surface area (Å²) in [6.07, 6.45) is 11.9. The minimum absolute atomic E-state index is 0.00208. The summed E-state index contributed by atoms with van der Waals surface area (Å²) in [6.45, 7) is 0. The average molecular weight is 166 g/mol. The van der Waals surface area contributed by atoms with E-state index >= 15 is 0 Å². The lowest BCUT2D eigenvalue weighted by molar-refractivity contribution is 0.0791. The van der Waals surface area contributed by atoms with Crippen molar-refractivity contribution in [1.29, 1.82) is 0 Å². The molecule has 0 aliphatic heterocycles. The molecule has 2 aliphatic rings. The van der Waals surface area contributed by atoms with Crippen molar-refractivity contribution < 1.29 is 5.11 Å². The maximum absolute atomic E-state index is 9.52. The smallest absolute Gasteiger partial charge is 0.0543 e. The monoisotopic (exact) mass is 166 g/mol. The van der Waals surface area contributed by atoms with Crippen LogP contribution in [-0.4, -0.2) is 11.2 Å². The molecule has 68 valence electrons. The van der Waals surface area contributed by atoms with Gasteiger partial charge in [0.15, 0.2) is 0 Å². The molecular weight excluding hydrogens is 148 g/mol. The van der Waals surface area contributed by atoms with Crippen LogP contribution in [0, 0.1) is 11.8 Å². The summed E-state index contributed by atoms with van der Waals surface area (Å²) in [7, 11) is 0. The predicted octanol–water partition coefficient (Wildman–Crippen LogP) is 2.50. The maximum Gasteiger partial charge on any atom is 0.0543 e. The maximum atomic E-state index is 9.52. The Balaban J connectivity index is 2.01. The largest absolute Gasteiger partial charge is 0.393 e. The zero-order valence-electron chi connectivity index (χ0n) is 7.58. The second kappa shape index (κ2) is 3.61. The predicted molar refractivity (Wildman–Crippen MR) is 49.8 cm³/mol. The van der Waals surface area contributed by atoms with Gasteiger partial charge in [0.05, 0.1) is 6.10 Å². The molecule has 0 spiro atoms. The second-order valence-corrected chi connectivity index (χ2v) is 4.25. The Kier molecular flexibility index (Phi) is 2.50. The number of hydrogen-bond donors (Lipinski definition) is 1. The molecular formula is C11H18O. The van der Waals surface area contributed by atoms with Crippen molar-refractivity contribution in [1.82, 2.24) is 0 Å². The fourth-order valence-electron chi connectivity index (χ4n) is 2.62. The summed E-state index contributed by atoms with van der Waals surface area (Å²) in [5.74, 6) is 1.57. The van der Waals surface area contributed by atoms with Gasteiger partial charge >= 0.3 is 0 Å². The molecule has 0 heterocycles. The van der Waals surface area contributed by atoms with Crippen molar-refractivity contribution in [2.75, 3.05) is 0 Å². The fourth-order valence-corrected chi connectivity index (χ4v) is 2.62. The third-order valence-corrected chi connectivity index (χ3v) is 3.34. The van der Waals surface area contributed by atoms with Gasteiger partial charge in [0, 0.05) is 0 Å². The molecule has 1 heteroatoms. The first kappa shape index (κ1) is 8.31. The van der Waals surface area contributed by atoms with Gasteiger partial charge in [-0.2, -0.15) is 0 Å². The number of aliphatic hydroxyl groups is 1. The van der Waals surface area contributed by atoms with Crippen LogP contribution in [0.5, 0.6) is 0 Å². The van der Waals surface area contributed by atoms with E-state index in [0.717, 1.165) is 24.7 Å². The van der Waals surface area contributed by atoms with Gasteiger partial charge in [-0.05, 0) is 50.4 Å². The zero-order chi connectivity index (χ0) is 8.39. The fraction of sp³-hybridized carbons (Fsp3) is 0.818. The highest BCUT2D eigenvalue weighted by Crippen LogP contribution is 2.36. The van der Waals surface area contributed by atoms with E-state index in [2.05, 4.69) is 12.2 Å². The summed E-state index contributed by atoms with van der Waals surface area (Å²) in [5, 5.41) is 9.52. The average Bonchev–Trinajstić information content (AvgIpc) is 2.28. The summed E-state index contributed by atoms with van der Waals surface area (Å²) in [4.78, 5) is 0. The van der Waals surface area contributed by atoms with Crippen LogP contribution in [0.1, 0.15) is 38.5 Å². The van der Waals surface area contributed by atoms with E-state index in [1.54, 1.807) is 0 Å². The van der Waals surface area contributed by atoms with Gasteiger partial charge in [-0.15, -0.1) is 0 Å². The number of fused-ring (bicyclic) bond motifs is 1. The van der Waals surface area contributed by atoms with Crippen LogP contribution in [0.4, 0.5) is 0 Å². The van der Waals surface area contributed by atoms with Crippen LogP contribution in [0.15, 0.2) is 12.2 Å². The van der Waals surface area contributed by atoms with Crippen LogP contribution >= 0.6 is 0 Å². The summed E-state index contributed by atoms with van der Waals surface area (Å²) < 4.78 is 0. The molecule has 2 rings (SSSR count). The highest BCUT2D eigenvalue weighted by Gasteiger charge is 2.28. The Bertz CT molecular complexity index is 174. The van der Waals surface area contributed by atoms with Gasteiger partial charge in [0.2, 0.25) is 0 Å². The minimum Gasteiger partial charge on any atom is -0.393 e. The van der Waals surface area contributed by atoms with Crippen LogP contribution < -0.4 is 0 Å². The van der Waals surface area contributed by atoms with E-state index in [-0.39, 0.29) is 6.10 Å². The first-order valence-electron chi connectivity index (χ1n) is 5.21. The molecule has 0 aromatic carbocycles. The molecule has 0 unspecified atom stereocenters. The topological polar surface area (TPSA) is 20.2 Å². The Hall–Kier alpha value is -0.300. The standard InChI is InChI=1S/C11H18O/c12-11-7-6-9-4-2-1-3-5-10(9)8-11/h2,4,9-12H,1,3,5-8H2/t9-,10+,11-/m0/s1. The number of hydrogen-bond acceptors (Lipinski definition) is 1. The number of rotatable bonds is 0. The lowest BCUT2D eigenvalue weighted by Gasteiger charge is -2.31. The van der Waals surface area contributed by atoms with E-state index < -0.39 is 0 Å². The Morgan fingerprint density at radius 2 is 2.08 bits per heavy atom. The second-order valence-electron chi connectivity index (χ2n) is 4.25. The van der Waals surface area contributed by atoms with Crippen LogP contribution in [0.3, 0.4) is 0 Å². The Labute approximate surface area is 74.5 Å². The van der Waals surface area contributed by atoms with E-state index in [9.17, 15) is 5.11 Å². The van der Waals surface area contributed by atoms with Gasteiger partial charge in [-0.25, -0.2) is 0 Å². The Morgan fingerprint density at radius 3 is 3.00 bits per heavy atom. The highest BCUT2D eigenvalue weighted by atomic mass is 16.3. The summed E-state index contributed by atoms with van der Waals surface area (Å²) in [5.41, 5.74) is 0. The van der Waals surface area contributed by atoms with Gasteiger partial charge in [0.25, 0.3) is 0 Å². The first-order valence-corrected chi connectivity index (χ1v) is 5.21. The molecule has 1 nitrogen and oxygen atoms in total. The molecule has 2 aliphatic carbocycles. The Morgan fingerprint density at radius 1 is 1.17 bits per heavy atom. The molecule has 0 saturated heterocycles. The van der Waals surface area contributed by atoms with Gasteiger partial charge < -0.3 is 5.11 Å². The molecule has 1 fully saturated rings. The quantitative estimate of drug-likeness (QED) is 0.548. The zero-order valence-corrected chi connectivity index (χ0v) is 7.58. The molecule has 1 N–H and O–H groups in total. The van der Waals surface area contributed by atoms with E-state index in [4.69, 9.17) is 0 Å². The highest BCUT2D eigenvalue weighted by molar-refractivity contribution is 4.97. The third-order valence-electron chi connectivity index (χ3n) is 3.34. The molecule has 0 bridgehead atoms. The first-order chi connectivity index (χ1) is 5.86. The SMILES string of the molecule is O[C@H]1CC[C@@H]2C=CCCC[C@@H]2C1. The van der Waals surface area contributed by atoms with Crippen LogP contribution in [0.2, 0.25) is 0 Å². The molecule has 3 atom stereocenters. The van der Waals surface area contributed by atoms with E-state index in [1.165, 1.54) is 25.7 Å². The van der Waals surface area contributed by atoms with Gasteiger partial charge in [0.1, 0.15) is 0 Å². The van der Waals surface area contributed by atoms with Gasteiger partial charge in [-0.1, -0.05) is 12.2 Å². The molecule has 0 radical (unpaired) electrons. The van der Waals surface area contributed by atoms with Crippen molar-refractivity contribution >= 4 is 0 Å². The molecule has 1 saturated carbocycles. The summed E-state index contributed by atoms with van der Waals surface area (Å²) >= 11 is 0. The lowest BCUT2D eigenvalue weighted by atomic mass is 9.76. The van der Waals surface area contributed by atoms with E-state index in [1.807, 2.05) is 0 Å². The van der Waals surface area contributed by atoms with Crippen molar-refractivity contribution in [2.45, 2.75) is 44.6 Å². The minimum atomic E-state index is -0.00208. The van der Waals surface area contributed by atoms with Crippen molar-refractivity contribution in [3.8, 4) is 0 Å². The van der Waals surface area contributed by atoms with Crippen LogP contribution in [0.25, 0.3) is 0 Å². The molecule has 0 aromatic heterocycles. The summed E-state index contributed by atoms with van der Waals surface area (Å²) in [6, 6.07) is 0. The molecule has 0 aromatic rings.